The Balaban J connectivity index is 1.39. The van der Waals surface area contributed by atoms with E-state index in [1.165, 1.54) is 11.3 Å². The maximum atomic E-state index is 12.3. The Labute approximate surface area is 164 Å². The molecule has 4 rings (SSSR count). The minimum Gasteiger partial charge on any atom is -0.326 e. The highest BCUT2D eigenvalue weighted by atomic mass is 35.5. The van der Waals surface area contributed by atoms with Crippen LogP contribution in [0.25, 0.3) is 10.9 Å². The van der Waals surface area contributed by atoms with E-state index in [9.17, 15) is 4.79 Å². The van der Waals surface area contributed by atoms with Crippen LogP contribution < -0.4 is 10.6 Å². The summed E-state index contributed by atoms with van der Waals surface area (Å²) in [5.74, 6) is 0.522. The van der Waals surface area contributed by atoms with Crippen LogP contribution in [0, 0.1) is 0 Å². The van der Waals surface area contributed by atoms with Crippen LogP contribution >= 0.6 is 22.9 Å². The van der Waals surface area contributed by atoms with Gasteiger partial charge in [-0.15, -0.1) is 11.3 Å². The van der Waals surface area contributed by atoms with E-state index in [0.717, 1.165) is 16.6 Å². The molecule has 0 atom stereocenters. The number of benzene rings is 1. The predicted octanol–water partition coefficient (Wildman–Crippen LogP) is 4.66. The SMILES string of the molecule is O=C(Cc1csc(Nc2ccc(Cl)cn2)n1)Nc1ccc2ncccc2c1. The fraction of sp³-hybridized carbons (Fsp3) is 0.0526. The number of amides is 1. The molecule has 1 amide bonds. The number of carbonyl (C=O) groups excluding carboxylic acids is 1. The molecule has 6 nitrogen and oxygen atoms in total. The number of hydrogen-bond donors (Lipinski definition) is 2. The molecule has 0 spiro atoms. The summed E-state index contributed by atoms with van der Waals surface area (Å²) in [5, 5.41) is 10.1. The highest BCUT2D eigenvalue weighted by Gasteiger charge is 2.09. The zero-order chi connectivity index (χ0) is 18.6. The van der Waals surface area contributed by atoms with Gasteiger partial charge in [0, 0.05) is 28.8 Å². The molecule has 0 aliphatic carbocycles. The molecule has 3 aromatic heterocycles. The molecule has 0 fully saturated rings. The number of aromatic nitrogens is 3. The molecule has 1 aromatic carbocycles. The Hall–Kier alpha value is -3.03. The maximum Gasteiger partial charge on any atom is 0.230 e. The van der Waals surface area contributed by atoms with E-state index in [0.29, 0.717) is 21.7 Å². The third kappa shape index (κ3) is 4.39. The molecule has 8 heteroatoms. The van der Waals surface area contributed by atoms with Crippen LogP contribution in [0.4, 0.5) is 16.6 Å². The highest BCUT2D eigenvalue weighted by Crippen LogP contribution is 2.21. The van der Waals surface area contributed by atoms with Crippen LogP contribution in [0.3, 0.4) is 0 Å². The van der Waals surface area contributed by atoms with Gasteiger partial charge < -0.3 is 10.6 Å². The molecule has 0 aliphatic rings. The number of carbonyl (C=O) groups is 1. The fourth-order valence-electron chi connectivity index (χ4n) is 2.53. The normalized spacial score (nSPS) is 10.7. The van der Waals surface area contributed by atoms with Crippen molar-refractivity contribution < 1.29 is 4.79 Å². The molecule has 0 radical (unpaired) electrons. The zero-order valence-corrected chi connectivity index (χ0v) is 15.6. The first-order valence-corrected chi connectivity index (χ1v) is 9.39. The molecule has 27 heavy (non-hydrogen) atoms. The summed E-state index contributed by atoms with van der Waals surface area (Å²) in [4.78, 5) is 25.2. The summed E-state index contributed by atoms with van der Waals surface area (Å²) in [7, 11) is 0. The number of fused-ring (bicyclic) bond motifs is 1. The van der Waals surface area contributed by atoms with Gasteiger partial charge >= 0.3 is 0 Å². The summed E-state index contributed by atoms with van der Waals surface area (Å²) in [6.45, 7) is 0. The molecule has 0 aliphatic heterocycles. The monoisotopic (exact) mass is 395 g/mol. The molecule has 3 heterocycles. The second-order valence-corrected chi connectivity index (χ2v) is 7.06. The third-order valence-corrected chi connectivity index (χ3v) is 4.77. The van der Waals surface area contributed by atoms with Crippen molar-refractivity contribution in [2.24, 2.45) is 0 Å². The first-order chi connectivity index (χ1) is 13.2. The van der Waals surface area contributed by atoms with E-state index in [4.69, 9.17) is 11.6 Å². The standard InChI is InChI=1S/C19H14ClN5OS/c20-13-3-6-17(22-10-13)25-19-24-15(11-27-19)9-18(26)23-14-4-5-16-12(8-14)2-1-7-21-16/h1-8,10-11H,9H2,(H,23,26)(H,22,24,25). The van der Waals surface area contributed by atoms with Crippen molar-refractivity contribution in [3.63, 3.8) is 0 Å². The first kappa shape index (κ1) is 17.4. The van der Waals surface area contributed by atoms with Crippen molar-refractivity contribution in [2.45, 2.75) is 6.42 Å². The minimum atomic E-state index is -0.125. The molecule has 134 valence electrons. The molecule has 2 N–H and O–H groups in total. The second kappa shape index (κ2) is 7.69. The number of nitrogens with one attached hydrogen (secondary N) is 2. The Morgan fingerprint density at radius 2 is 2.07 bits per heavy atom. The van der Waals surface area contributed by atoms with Crippen molar-refractivity contribution in [3.8, 4) is 0 Å². The fourth-order valence-corrected chi connectivity index (χ4v) is 3.36. The smallest absolute Gasteiger partial charge is 0.230 e. The Morgan fingerprint density at radius 3 is 2.93 bits per heavy atom. The van der Waals surface area contributed by atoms with Crippen LogP contribution in [-0.4, -0.2) is 20.9 Å². The van der Waals surface area contributed by atoms with Crippen LogP contribution in [0.5, 0.6) is 0 Å². The highest BCUT2D eigenvalue weighted by molar-refractivity contribution is 7.13. The van der Waals surface area contributed by atoms with Crippen LogP contribution in [-0.2, 0) is 11.2 Å². The summed E-state index contributed by atoms with van der Waals surface area (Å²) in [5.41, 5.74) is 2.32. The van der Waals surface area contributed by atoms with E-state index in [-0.39, 0.29) is 12.3 Å². The average Bonchev–Trinajstić information content (AvgIpc) is 3.10. The number of nitrogens with zero attached hydrogens (tertiary/aromatic N) is 3. The van der Waals surface area contributed by atoms with E-state index in [2.05, 4.69) is 25.6 Å². The van der Waals surface area contributed by atoms with Gasteiger partial charge in [-0.25, -0.2) is 9.97 Å². The predicted molar refractivity (Wildman–Crippen MR) is 109 cm³/mol. The molecule has 0 unspecified atom stereocenters. The lowest BCUT2D eigenvalue weighted by Gasteiger charge is -2.05. The second-order valence-electron chi connectivity index (χ2n) is 5.77. The van der Waals surface area contributed by atoms with Gasteiger partial charge in [0.25, 0.3) is 0 Å². The largest absolute Gasteiger partial charge is 0.326 e. The van der Waals surface area contributed by atoms with Gasteiger partial charge in [0.2, 0.25) is 5.91 Å². The van der Waals surface area contributed by atoms with Crippen molar-refractivity contribution in [1.82, 2.24) is 15.0 Å². The lowest BCUT2D eigenvalue weighted by molar-refractivity contribution is -0.115. The van der Waals surface area contributed by atoms with Gasteiger partial charge in [-0.2, -0.15) is 0 Å². The topological polar surface area (TPSA) is 79.8 Å². The molecular formula is C19H14ClN5OS. The van der Waals surface area contributed by atoms with Crippen LogP contribution in [0.15, 0.2) is 60.2 Å². The number of anilines is 3. The van der Waals surface area contributed by atoms with Crippen LogP contribution in [0.1, 0.15) is 5.69 Å². The lowest BCUT2D eigenvalue weighted by Crippen LogP contribution is -2.14. The van der Waals surface area contributed by atoms with Crippen LogP contribution in [0.2, 0.25) is 5.02 Å². The van der Waals surface area contributed by atoms with E-state index in [1.54, 1.807) is 24.5 Å². The van der Waals surface area contributed by atoms with Gasteiger partial charge in [-0.3, -0.25) is 9.78 Å². The summed E-state index contributed by atoms with van der Waals surface area (Å²) in [6.07, 6.45) is 3.50. The van der Waals surface area contributed by atoms with Gasteiger partial charge in [-0.05, 0) is 36.4 Å². The van der Waals surface area contributed by atoms with E-state index in [1.807, 2.05) is 35.7 Å². The number of pyridine rings is 2. The minimum absolute atomic E-state index is 0.125. The molecular weight excluding hydrogens is 382 g/mol. The Kier molecular flexibility index (Phi) is 4.95. The number of halogens is 1. The van der Waals surface area contributed by atoms with Gasteiger partial charge in [0.1, 0.15) is 5.82 Å². The van der Waals surface area contributed by atoms with Crippen molar-refractivity contribution in [3.05, 3.63) is 71.0 Å². The third-order valence-electron chi connectivity index (χ3n) is 3.74. The Bertz CT molecular complexity index is 1100. The van der Waals surface area contributed by atoms with Gasteiger partial charge in [0.15, 0.2) is 5.13 Å². The van der Waals surface area contributed by atoms with Crippen molar-refractivity contribution >= 4 is 56.4 Å². The van der Waals surface area contributed by atoms with Gasteiger partial charge in [-0.1, -0.05) is 17.7 Å². The maximum absolute atomic E-state index is 12.3. The quantitative estimate of drug-likeness (QED) is 0.513. The van der Waals surface area contributed by atoms with Crippen molar-refractivity contribution in [1.29, 1.82) is 0 Å². The van der Waals surface area contributed by atoms with E-state index >= 15 is 0 Å². The molecule has 4 aromatic rings. The summed E-state index contributed by atoms with van der Waals surface area (Å²) >= 11 is 7.24. The summed E-state index contributed by atoms with van der Waals surface area (Å²) < 4.78 is 0. The Morgan fingerprint density at radius 1 is 1.15 bits per heavy atom. The molecule has 0 bridgehead atoms. The molecule has 0 saturated heterocycles. The summed E-state index contributed by atoms with van der Waals surface area (Å²) in [6, 6.07) is 13.0. The number of rotatable bonds is 5. The lowest BCUT2D eigenvalue weighted by atomic mass is 10.2. The van der Waals surface area contributed by atoms with E-state index < -0.39 is 0 Å². The first-order valence-electron chi connectivity index (χ1n) is 8.13. The zero-order valence-electron chi connectivity index (χ0n) is 14.0. The number of thiazole rings is 1. The number of hydrogen-bond acceptors (Lipinski definition) is 6. The van der Waals surface area contributed by atoms with Crippen molar-refractivity contribution in [2.75, 3.05) is 10.6 Å². The van der Waals surface area contributed by atoms with Gasteiger partial charge in [0.05, 0.1) is 22.7 Å². The molecule has 0 saturated carbocycles. The average molecular weight is 396 g/mol.